The Morgan fingerprint density at radius 2 is 1.09 bits per heavy atom. The molecule has 134 valence electrons. The van der Waals surface area contributed by atoms with Gasteiger partial charge in [-0.2, -0.15) is 0 Å². The number of unbranched alkanes of at least 4 members (excludes halogenated alkanes) is 7. The van der Waals surface area contributed by atoms with Gasteiger partial charge in [0.15, 0.2) is 9.76 Å². The fourth-order valence-corrected chi connectivity index (χ4v) is 3.27. The van der Waals surface area contributed by atoms with Crippen molar-refractivity contribution in [1.29, 1.82) is 0 Å². The lowest BCUT2D eigenvalue weighted by atomic mass is 10.1. The first-order valence-electron chi connectivity index (χ1n) is 9.27. The summed E-state index contributed by atoms with van der Waals surface area (Å²) in [5.41, 5.74) is 0. The lowest BCUT2D eigenvalue weighted by Gasteiger charge is -2.32. The van der Waals surface area contributed by atoms with E-state index in [1.54, 1.807) is 0 Å². The monoisotopic (exact) mass is 334 g/mol. The van der Waals surface area contributed by atoms with E-state index in [-0.39, 0.29) is 0 Å². The molecule has 0 spiro atoms. The first-order valence-corrected chi connectivity index (χ1v) is 10.9. The van der Waals surface area contributed by atoms with Crippen molar-refractivity contribution in [3.8, 4) is 0 Å². The molecule has 0 fully saturated rings. The molecule has 4 nitrogen and oxygen atoms in total. The van der Waals surface area contributed by atoms with Gasteiger partial charge in [0.05, 0.1) is 0 Å². The Labute approximate surface area is 139 Å². The summed E-state index contributed by atoms with van der Waals surface area (Å²) in [7, 11) is -0.700. The van der Waals surface area contributed by atoms with E-state index in [9.17, 15) is 0 Å². The van der Waals surface area contributed by atoms with Gasteiger partial charge in [-0.05, 0) is 33.2 Å². The van der Waals surface area contributed by atoms with Gasteiger partial charge in [-0.3, -0.25) is 0 Å². The molecule has 0 heterocycles. The molecule has 0 aromatic carbocycles. The van der Waals surface area contributed by atoms with Crippen molar-refractivity contribution in [1.82, 2.24) is 0 Å². The van der Waals surface area contributed by atoms with E-state index in [1.165, 1.54) is 44.9 Å². The van der Waals surface area contributed by atoms with Crippen LogP contribution in [0.1, 0.15) is 78.6 Å². The average Bonchev–Trinajstić information content (AvgIpc) is 2.50. The second-order valence-corrected chi connectivity index (χ2v) is 6.79. The van der Waals surface area contributed by atoms with Crippen molar-refractivity contribution in [2.45, 2.75) is 90.6 Å². The molecule has 22 heavy (non-hydrogen) atoms. The van der Waals surface area contributed by atoms with E-state index in [4.69, 9.17) is 19.0 Å². The highest BCUT2D eigenvalue weighted by molar-refractivity contribution is 6.25. The second kappa shape index (κ2) is 15.9. The molecule has 0 aliphatic carbocycles. The maximum Gasteiger partial charge on any atom is 0.282 e. The topological polar surface area (TPSA) is 47.9 Å². The SMILES string of the molecule is CCOC(CCCCCCCCCC[SiH2]O)(OCC)OCC. The van der Waals surface area contributed by atoms with Crippen LogP contribution in [0.3, 0.4) is 0 Å². The summed E-state index contributed by atoms with van der Waals surface area (Å²) in [5.74, 6) is -0.827. The smallest absolute Gasteiger partial charge is 0.282 e. The van der Waals surface area contributed by atoms with Gasteiger partial charge in [0.2, 0.25) is 0 Å². The largest absolute Gasteiger partial charge is 0.438 e. The zero-order chi connectivity index (χ0) is 16.5. The van der Waals surface area contributed by atoms with E-state index >= 15 is 0 Å². The molecule has 0 bridgehead atoms. The molecule has 0 aliphatic rings. The number of rotatable bonds is 17. The van der Waals surface area contributed by atoms with Crippen LogP contribution in [0.5, 0.6) is 0 Å². The molecule has 1 N–H and O–H groups in total. The van der Waals surface area contributed by atoms with Gasteiger partial charge < -0.3 is 19.0 Å². The minimum absolute atomic E-state index is 0.608. The fourth-order valence-electron chi connectivity index (χ4n) is 2.69. The van der Waals surface area contributed by atoms with E-state index in [2.05, 4.69) is 0 Å². The van der Waals surface area contributed by atoms with E-state index in [1.807, 2.05) is 20.8 Å². The molecule has 0 saturated heterocycles. The first-order chi connectivity index (χ1) is 10.7. The molecule has 0 radical (unpaired) electrons. The molecule has 0 atom stereocenters. The van der Waals surface area contributed by atoms with Crippen molar-refractivity contribution in [2.75, 3.05) is 19.8 Å². The van der Waals surface area contributed by atoms with E-state index < -0.39 is 15.7 Å². The molecule has 0 rings (SSSR count). The summed E-state index contributed by atoms with van der Waals surface area (Å²) >= 11 is 0. The third kappa shape index (κ3) is 11.6. The van der Waals surface area contributed by atoms with Gasteiger partial charge in [-0.25, -0.2) is 0 Å². The zero-order valence-electron chi connectivity index (χ0n) is 15.1. The highest BCUT2D eigenvalue weighted by atomic mass is 28.2. The normalized spacial score (nSPS) is 12.5. The molecule has 0 aromatic heterocycles. The van der Waals surface area contributed by atoms with Crippen LogP contribution in [-0.2, 0) is 14.2 Å². The minimum atomic E-state index is -0.827. The Bertz CT molecular complexity index is 210. The summed E-state index contributed by atoms with van der Waals surface area (Å²) in [6.07, 6.45) is 10.8. The summed E-state index contributed by atoms with van der Waals surface area (Å²) in [6, 6.07) is 1.09. The summed E-state index contributed by atoms with van der Waals surface area (Å²) in [6.45, 7) is 7.76. The van der Waals surface area contributed by atoms with Crippen molar-refractivity contribution in [2.24, 2.45) is 0 Å². The van der Waals surface area contributed by atoms with Crippen LogP contribution in [0.4, 0.5) is 0 Å². The zero-order valence-corrected chi connectivity index (χ0v) is 16.5. The van der Waals surface area contributed by atoms with Crippen LogP contribution in [-0.4, -0.2) is 40.4 Å². The standard InChI is InChI=1S/C17H38O4Si/c1-4-19-17(20-5-2,21-6-3)15-13-11-9-7-8-10-12-14-16-22-18/h18H,4-16,22H2,1-3H3. The Kier molecular flexibility index (Phi) is 16.0. The van der Waals surface area contributed by atoms with Crippen LogP contribution >= 0.6 is 0 Å². The Hall–Kier alpha value is 0.0569. The Morgan fingerprint density at radius 1 is 0.682 bits per heavy atom. The highest BCUT2D eigenvalue weighted by Crippen LogP contribution is 2.24. The molecule has 5 heteroatoms. The molecule has 0 unspecified atom stereocenters. The lowest BCUT2D eigenvalue weighted by Crippen LogP contribution is -2.39. The third-order valence-corrected chi connectivity index (χ3v) is 4.55. The van der Waals surface area contributed by atoms with Gasteiger partial charge in [0, 0.05) is 26.2 Å². The Balaban J connectivity index is 3.70. The van der Waals surface area contributed by atoms with Crippen LogP contribution in [0.25, 0.3) is 0 Å². The first kappa shape index (κ1) is 22.1. The predicted octanol–water partition coefficient (Wildman–Crippen LogP) is 3.76. The van der Waals surface area contributed by atoms with Gasteiger partial charge in [-0.15, -0.1) is 0 Å². The van der Waals surface area contributed by atoms with Crippen LogP contribution < -0.4 is 0 Å². The summed E-state index contributed by atoms with van der Waals surface area (Å²) in [5, 5.41) is 0. The molecule has 0 saturated carbocycles. The molecular formula is C17H38O4Si. The van der Waals surface area contributed by atoms with Crippen LogP contribution in [0.2, 0.25) is 6.04 Å². The van der Waals surface area contributed by atoms with Crippen molar-refractivity contribution in [3.63, 3.8) is 0 Å². The quantitative estimate of drug-likeness (QED) is 0.250. The summed E-state index contributed by atoms with van der Waals surface area (Å²) < 4.78 is 17.2. The van der Waals surface area contributed by atoms with Crippen molar-refractivity contribution in [3.05, 3.63) is 0 Å². The van der Waals surface area contributed by atoms with Gasteiger partial charge in [-0.1, -0.05) is 44.9 Å². The third-order valence-electron chi connectivity index (χ3n) is 3.73. The van der Waals surface area contributed by atoms with Crippen molar-refractivity contribution < 1.29 is 19.0 Å². The highest BCUT2D eigenvalue weighted by Gasteiger charge is 2.31. The number of hydrogen-bond acceptors (Lipinski definition) is 4. The Morgan fingerprint density at radius 3 is 1.50 bits per heavy atom. The van der Waals surface area contributed by atoms with E-state index in [0.717, 1.165) is 18.9 Å². The molecule has 0 amide bonds. The summed E-state index contributed by atoms with van der Waals surface area (Å²) in [4.78, 5) is 8.85. The maximum atomic E-state index is 8.85. The lowest BCUT2D eigenvalue weighted by molar-refractivity contribution is -0.380. The van der Waals surface area contributed by atoms with Crippen LogP contribution in [0.15, 0.2) is 0 Å². The second-order valence-electron chi connectivity index (χ2n) is 5.64. The van der Waals surface area contributed by atoms with Gasteiger partial charge in [0.1, 0.15) is 0 Å². The molecular weight excluding hydrogens is 296 g/mol. The van der Waals surface area contributed by atoms with Gasteiger partial charge in [0.25, 0.3) is 5.97 Å². The van der Waals surface area contributed by atoms with Crippen LogP contribution in [0, 0.1) is 0 Å². The number of ether oxygens (including phenoxy) is 3. The molecule has 0 aliphatic heterocycles. The van der Waals surface area contributed by atoms with Gasteiger partial charge >= 0.3 is 0 Å². The fraction of sp³-hybridized carbons (Fsp3) is 1.00. The number of hydrogen-bond donors (Lipinski definition) is 1. The van der Waals surface area contributed by atoms with Crippen molar-refractivity contribution >= 4 is 9.76 Å². The average molecular weight is 335 g/mol. The molecule has 0 aromatic rings. The predicted molar refractivity (Wildman–Crippen MR) is 94.7 cm³/mol. The van der Waals surface area contributed by atoms with E-state index in [0.29, 0.717) is 19.8 Å². The minimum Gasteiger partial charge on any atom is -0.438 e. The maximum absolute atomic E-state index is 8.85.